The molecule has 0 fully saturated rings. The summed E-state index contributed by atoms with van der Waals surface area (Å²) < 4.78 is 6.91. The average molecular weight is 341 g/mol. The van der Waals surface area contributed by atoms with Crippen LogP contribution in [0, 0.1) is 0 Å². The number of para-hydroxylation sites is 2. The highest BCUT2D eigenvalue weighted by molar-refractivity contribution is 8.03. The van der Waals surface area contributed by atoms with Gasteiger partial charge in [0, 0.05) is 0 Å². The van der Waals surface area contributed by atoms with Gasteiger partial charge in [0.05, 0.1) is 18.0 Å². The summed E-state index contributed by atoms with van der Waals surface area (Å²) >= 11 is 4.44. The predicted molar refractivity (Wildman–Crippen MR) is 88.6 cm³/mol. The monoisotopic (exact) mass is 341 g/mol. The molecule has 0 aliphatic carbocycles. The molecule has 8 heteroatoms. The van der Waals surface area contributed by atoms with Gasteiger partial charge < -0.3 is 10.1 Å². The van der Waals surface area contributed by atoms with E-state index in [-0.39, 0.29) is 11.2 Å². The van der Waals surface area contributed by atoms with Crippen LogP contribution < -0.4 is 10.1 Å². The van der Waals surface area contributed by atoms with Gasteiger partial charge in [0.1, 0.15) is 5.75 Å². The summed E-state index contributed by atoms with van der Waals surface area (Å²) in [5.74, 6) is 0.550. The lowest BCUT2D eigenvalue weighted by Gasteiger charge is -2.12. The zero-order chi connectivity index (χ0) is 15.2. The van der Waals surface area contributed by atoms with Crippen molar-refractivity contribution in [1.29, 1.82) is 0 Å². The van der Waals surface area contributed by atoms with Gasteiger partial charge in [0.25, 0.3) is 0 Å². The first-order valence-corrected chi connectivity index (χ1v) is 9.04. The van der Waals surface area contributed by atoms with Crippen LogP contribution in [0.15, 0.2) is 32.9 Å². The number of methoxy groups -OCH3 is 1. The Morgan fingerprint density at radius 3 is 2.71 bits per heavy atom. The Balaban J connectivity index is 1.99. The Labute approximate surface area is 135 Å². The number of hydrogen-bond donors (Lipinski definition) is 1. The second-order valence-corrected chi connectivity index (χ2v) is 7.61. The van der Waals surface area contributed by atoms with E-state index in [0.717, 1.165) is 8.68 Å². The molecule has 1 heterocycles. The van der Waals surface area contributed by atoms with Crippen molar-refractivity contribution in [3.05, 3.63) is 24.3 Å². The summed E-state index contributed by atoms with van der Waals surface area (Å²) in [5, 5.41) is 10.7. The molecule has 0 saturated heterocycles. The van der Waals surface area contributed by atoms with Crippen molar-refractivity contribution in [3.8, 4) is 5.75 Å². The molecule has 0 spiro atoms. The number of amides is 1. The second kappa shape index (κ2) is 7.67. The fourth-order valence-corrected chi connectivity index (χ4v) is 4.10. The maximum atomic E-state index is 12.2. The van der Waals surface area contributed by atoms with Crippen LogP contribution in [-0.4, -0.2) is 34.7 Å². The molecule has 0 aliphatic heterocycles. The smallest absolute Gasteiger partial charge is 0.237 e. The fourth-order valence-electron chi connectivity index (χ4n) is 1.51. The van der Waals surface area contributed by atoms with E-state index >= 15 is 0 Å². The molecular weight excluding hydrogens is 326 g/mol. The highest BCUT2D eigenvalue weighted by atomic mass is 32.2. The van der Waals surface area contributed by atoms with Gasteiger partial charge in [-0.05, 0) is 25.3 Å². The number of carbonyl (C=O) groups excluding carboxylic acids is 1. The van der Waals surface area contributed by atoms with Gasteiger partial charge in [-0.15, -0.1) is 10.2 Å². The van der Waals surface area contributed by atoms with Gasteiger partial charge >= 0.3 is 0 Å². The number of nitrogens with zero attached hydrogens (tertiary/aromatic N) is 2. The molecule has 1 atom stereocenters. The minimum absolute atomic E-state index is 0.0922. The summed E-state index contributed by atoms with van der Waals surface area (Å²) in [7, 11) is 1.58. The lowest BCUT2D eigenvalue weighted by molar-refractivity contribution is -0.115. The predicted octanol–water partition coefficient (Wildman–Crippen LogP) is 3.39. The molecule has 2 rings (SSSR count). The molecular formula is C13H15N3O2S3. The van der Waals surface area contributed by atoms with Crippen LogP contribution in [0.4, 0.5) is 5.69 Å². The van der Waals surface area contributed by atoms with Crippen LogP contribution in [0.3, 0.4) is 0 Å². The van der Waals surface area contributed by atoms with E-state index in [1.165, 1.54) is 23.1 Å². The third-order valence-electron chi connectivity index (χ3n) is 2.57. The lowest BCUT2D eigenvalue weighted by atomic mass is 10.3. The van der Waals surface area contributed by atoms with Crippen molar-refractivity contribution in [2.75, 3.05) is 18.7 Å². The Morgan fingerprint density at radius 1 is 1.33 bits per heavy atom. The van der Waals surface area contributed by atoms with Gasteiger partial charge in [-0.2, -0.15) is 0 Å². The van der Waals surface area contributed by atoms with Crippen LogP contribution in [0.2, 0.25) is 0 Å². The number of ether oxygens (including phenoxy) is 1. The highest BCUT2D eigenvalue weighted by Crippen LogP contribution is 2.31. The van der Waals surface area contributed by atoms with Crippen molar-refractivity contribution in [2.24, 2.45) is 0 Å². The summed E-state index contributed by atoms with van der Waals surface area (Å²) in [6.07, 6.45) is 1.95. The molecule has 21 heavy (non-hydrogen) atoms. The molecule has 1 amide bonds. The van der Waals surface area contributed by atoms with Crippen molar-refractivity contribution in [2.45, 2.75) is 20.9 Å². The van der Waals surface area contributed by atoms with Gasteiger partial charge in [-0.3, -0.25) is 4.79 Å². The molecule has 2 aromatic rings. The number of nitrogens with one attached hydrogen (secondary N) is 1. The van der Waals surface area contributed by atoms with Crippen LogP contribution in [0.5, 0.6) is 5.75 Å². The van der Waals surface area contributed by atoms with E-state index in [4.69, 9.17) is 4.74 Å². The molecule has 5 nitrogen and oxygen atoms in total. The number of benzene rings is 1. The van der Waals surface area contributed by atoms with Crippen LogP contribution in [-0.2, 0) is 4.79 Å². The van der Waals surface area contributed by atoms with E-state index in [2.05, 4.69) is 15.5 Å². The molecule has 0 bridgehead atoms. The zero-order valence-corrected chi connectivity index (χ0v) is 14.3. The number of hydrogen-bond acceptors (Lipinski definition) is 7. The largest absolute Gasteiger partial charge is 0.495 e. The minimum atomic E-state index is -0.266. The molecule has 0 aliphatic rings. The van der Waals surface area contributed by atoms with Crippen molar-refractivity contribution >= 4 is 46.5 Å². The van der Waals surface area contributed by atoms with Crippen molar-refractivity contribution in [1.82, 2.24) is 10.2 Å². The molecule has 1 N–H and O–H groups in total. The summed E-state index contributed by atoms with van der Waals surface area (Å²) in [6, 6.07) is 7.33. The van der Waals surface area contributed by atoms with E-state index in [0.29, 0.717) is 11.4 Å². The topological polar surface area (TPSA) is 64.1 Å². The van der Waals surface area contributed by atoms with Crippen molar-refractivity contribution < 1.29 is 9.53 Å². The van der Waals surface area contributed by atoms with Crippen LogP contribution in [0.25, 0.3) is 0 Å². The van der Waals surface area contributed by atoms with E-state index in [1.54, 1.807) is 18.9 Å². The number of anilines is 1. The highest BCUT2D eigenvalue weighted by Gasteiger charge is 2.18. The molecule has 0 saturated carbocycles. The third-order valence-corrected chi connectivity index (χ3v) is 5.66. The number of carbonyl (C=O) groups is 1. The third kappa shape index (κ3) is 4.36. The molecule has 1 aromatic carbocycles. The molecule has 112 valence electrons. The SMILES string of the molecule is COc1ccccc1NC(=O)C(C)Sc1nnc(SC)s1. The summed E-state index contributed by atoms with van der Waals surface area (Å²) in [4.78, 5) is 12.2. The summed E-state index contributed by atoms with van der Waals surface area (Å²) in [6.45, 7) is 1.84. The number of rotatable bonds is 6. The quantitative estimate of drug-likeness (QED) is 0.813. The second-order valence-electron chi connectivity index (χ2n) is 3.99. The molecule has 0 radical (unpaired) electrons. The van der Waals surface area contributed by atoms with Gasteiger partial charge in [-0.1, -0.05) is 47.0 Å². The number of aromatic nitrogens is 2. The van der Waals surface area contributed by atoms with E-state index in [9.17, 15) is 4.79 Å². The first-order valence-electron chi connectivity index (χ1n) is 6.12. The van der Waals surface area contributed by atoms with Gasteiger partial charge in [-0.25, -0.2) is 0 Å². The van der Waals surface area contributed by atoms with Crippen LogP contribution in [0.1, 0.15) is 6.92 Å². The minimum Gasteiger partial charge on any atom is -0.495 e. The van der Waals surface area contributed by atoms with Crippen molar-refractivity contribution in [3.63, 3.8) is 0 Å². The summed E-state index contributed by atoms with van der Waals surface area (Å²) in [5.41, 5.74) is 0.666. The Hall–Kier alpha value is -1.25. The molecule has 1 aromatic heterocycles. The maximum Gasteiger partial charge on any atom is 0.237 e. The first-order chi connectivity index (χ1) is 10.1. The van der Waals surface area contributed by atoms with E-state index in [1.807, 2.05) is 37.4 Å². The Bertz CT molecular complexity index is 618. The maximum absolute atomic E-state index is 12.2. The molecule has 1 unspecified atom stereocenters. The van der Waals surface area contributed by atoms with E-state index < -0.39 is 0 Å². The van der Waals surface area contributed by atoms with Crippen LogP contribution >= 0.6 is 34.9 Å². The first kappa shape index (κ1) is 16.1. The van der Waals surface area contributed by atoms with Gasteiger partial charge in [0.15, 0.2) is 8.68 Å². The Morgan fingerprint density at radius 2 is 2.05 bits per heavy atom. The Kier molecular flexibility index (Phi) is 5.89. The fraction of sp³-hybridized carbons (Fsp3) is 0.308. The van der Waals surface area contributed by atoms with Gasteiger partial charge in [0.2, 0.25) is 5.91 Å². The zero-order valence-electron chi connectivity index (χ0n) is 11.8. The standard InChI is InChI=1S/C13H15N3O2S3/c1-8(20-13-16-15-12(19-3)21-13)11(17)14-9-6-4-5-7-10(9)18-2/h4-8H,1-3H3,(H,14,17). The normalized spacial score (nSPS) is 12.0. The number of thioether (sulfide) groups is 2. The lowest BCUT2D eigenvalue weighted by Crippen LogP contribution is -2.22. The average Bonchev–Trinajstić information content (AvgIpc) is 2.95.